The second-order valence-electron chi connectivity index (χ2n) is 4.26. The Morgan fingerprint density at radius 2 is 2.28 bits per heavy atom. The van der Waals surface area contributed by atoms with Gasteiger partial charge in [-0.25, -0.2) is 4.39 Å². The molecule has 1 unspecified atom stereocenters. The van der Waals surface area contributed by atoms with Crippen LogP contribution in [0.1, 0.15) is 12.8 Å². The molecule has 0 aliphatic carbocycles. The average Bonchev–Trinajstić information content (AvgIpc) is 2.34. The van der Waals surface area contributed by atoms with Crippen molar-refractivity contribution in [3.05, 3.63) is 24.0 Å². The van der Waals surface area contributed by atoms with Crippen molar-refractivity contribution < 1.29 is 14.0 Å². The van der Waals surface area contributed by atoms with Gasteiger partial charge in [0.1, 0.15) is 5.82 Å². The zero-order chi connectivity index (χ0) is 13.1. The zero-order valence-corrected chi connectivity index (χ0v) is 9.70. The summed E-state index contributed by atoms with van der Waals surface area (Å²) in [5.74, 6) is -1.07. The van der Waals surface area contributed by atoms with Crippen LogP contribution in [0.25, 0.3) is 0 Å². The minimum atomic E-state index is -0.462. The summed E-state index contributed by atoms with van der Waals surface area (Å²) >= 11 is 0. The average molecular weight is 251 g/mol. The van der Waals surface area contributed by atoms with E-state index in [1.165, 1.54) is 18.2 Å². The molecule has 1 aromatic rings. The maximum atomic E-state index is 13.0. The summed E-state index contributed by atoms with van der Waals surface area (Å²) in [5, 5.41) is 5.20. The van der Waals surface area contributed by atoms with Crippen LogP contribution in [0, 0.1) is 11.7 Å². The molecule has 1 aliphatic heterocycles. The van der Waals surface area contributed by atoms with Gasteiger partial charge in [0.25, 0.3) is 0 Å². The van der Waals surface area contributed by atoms with E-state index in [0.717, 1.165) is 0 Å². The number of piperidine rings is 1. The minimum Gasteiger partial charge on any atom is -0.397 e. The Morgan fingerprint density at radius 1 is 1.50 bits per heavy atom. The highest BCUT2D eigenvalue weighted by molar-refractivity contribution is 5.96. The maximum absolute atomic E-state index is 13.0. The molecule has 0 spiro atoms. The molecule has 2 amide bonds. The molecule has 2 rings (SSSR count). The molecule has 1 aliphatic rings. The molecule has 1 atom stereocenters. The number of benzene rings is 1. The van der Waals surface area contributed by atoms with Crippen molar-refractivity contribution >= 4 is 23.2 Å². The van der Waals surface area contributed by atoms with Crippen molar-refractivity contribution in [1.82, 2.24) is 5.32 Å². The first-order valence-corrected chi connectivity index (χ1v) is 5.69. The highest BCUT2D eigenvalue weighted by Gasteiger charge is 2.24. The molecule has 0 bridgehead atoms. The van der Waals surface area contributed by atoms with E-state index in [0.29, 0.717) is 25.1 Å². The van der Waals surface area contributed by atoms with Crippen LogP contribution in [0.15, 0.2) is 18.2 Å². The van der Waals surface area contributed by atoms with E-state index in [-0.39, 0.29) is 23.4 Å². The first-order valence-electron chi connectivity index (χ1n) is 5.69. The summed E-state index contributed by atoms with van der Waals surface area (Å²) < 4.78 is 13.0. The van der Waals surface area contributed by atoms with Gasteiger partial charge in [0.05, 0.1) is 17.3 Å². The highest BCUT2D eigenvalue weighted by atomic mass is 19.1. The number of nitrogens with one attached hydrogen (secondary N) is 2. The molecule has 1 saturated heterocycles. The Morgan fingerprint density at radius 3 is 2.94 bits per heavy atom. The van der Waals surface area contributed by atoms with Crippen LogP contribution in [0.3, 0.4) is 0 Å². The summed E-state index contributed by atoms with van der Waals surface area (Å²) in [4.78, 5) is 22.9. The number of halogens is 1. The Balaban J connectivity index is 2.02. The van der Waals surface area contributed by atoms with Gasteiger partial charge in [-0.05, 0) is 24.6 Å². The number of anilines is 2. The number of rotatable bonds is 2. The summed E-state index contributed by atoms with van der Waals surface area (Å²) in [7, 11) is 0. The zero-order valence-electron chi connectivity index (χ0n) is 9.70. The predicted octanol–water partition coefficient (Wildman–Crippen LogP) is 0.873. The highest BCUT2D eigenvalue weighted by Crippen LogP contribution is 2.21. The largest absolute Gasteiger partial charge is 0.397 e. The van der Waals surface area contributed by atoms with Crippen molar-refractivity contribution in [2.24, 2.45) is 5.92 Å². The molecule has 0 radical (unpaired) electrons. The van der Waals surface area contributed by atoms with Gasteiger partial charge in [0.15, 0.2) is 0 Å². The Bertz CT molecular complexity index is 480. The predicted molar refractivity (Wildman–Crippen MR) is 65.2 cm³/mol. The third kappa shape index (κ3) is 2.77. The van der Waals surface area contributed by atoms with Gasteiger partial charge in [0, 0.05) is 13.0 Å². The van der Waals surface area contributed by atoms with Crippen LogP contribution in [0.4, 0.5) is 15.8 Å². The van der Waals surface area contributed by atoms with Crippen molar-refractivity contribution in [3.8, 4) is 0 Å². The number of nitrogens with two attached hydrogens (primary N) is 1. The number of amides is 2. The topological polar surface area (TPSA) is 84.2 Å². The van der Waals surface area contributed by atoms with Crippen LogP contribution >= 0.6 is 0 Å². The maximum Gasteiger partial charge on any atom is 0.229 e. The number of nitrogen functional groups attached to an aromatic ring is 1. The molecule has 5 nitrogen and oxygen atoms in total. The Kier molecular flexibility index (Phi) is 3.45. The lowest BCUT2D eigenvalue weighted by atomic mass is 9.98. The molecule has 0 saturated carbocycles. The number of hydrogen-bond acceptors (Lipinski definition) is 3. The summed E-state index contributed by atoms with van der Waals surface area (Å²) in [5.41, 5.74) is 6.21. The van der Waals surface area contributed by atoms with Crippen molar-refractivity contribution in [1.29, 1.82) is 0 Å². The third-order valence-corrected chi connectivity index (χ3v) is 2.91. The molecule has 6 heteroatoms. The number of carbonyl (C=O) groups excluding carboxylic acids is 2. The molecule has 4 N–H and O–H groups in total. The first-order chi connectivity index (χ1) is 8.56. The van der Waals surface area contributed by atoms with E-state index < -0.39 is 5.82 Å². The number of hydrogen-bond donors (Lipinski definition) is 3. The van der Waals surface area contributed by atoms with Crippen LogP contribution < -0.4 is 16.4 Å². The Labute approximate surface area is 104 Å². The second kappa shape index (κ2) is 5.03. The lowest BCUT2D eigenvalue weighted by molar-refractivity contribution is -0.126. The van der Waals surface area contributed by atoms with E-state index in [9.17, 15) is 14.0 Å². The van der Waals surface area contributed by atoms with E-state index in [4.69, 9.17) is 5.73 Å². The first kappa shape index (κ1) is 12.3. The van der Waals surface area contributed by atoms with Crippen molar-refractivity contribution in [2.75, 3.05) is 17.6 Å². The third-order valence-electron chi connectivity index (χ3n) is 2.91. The van der Waals surface area contributed by atoms with Gasteiger partial charge in [-0.15, -0.1) is 0 Å². The van der Waals surface area contributed by atoms with Gasteiger partial charge in [-0.2, -0.15) is 0 Å². The molecule has 1 aromatic carbocycles. The normalized spacial score (nSPS) is 19.2. The van der Waals surface area contributed by atoms with Gasteiger partial charge >= 0.3 is 0 Å². The fourth-order valence-electron chi connectivity index (χ4n) is 1.83. The van der Waals surface area contributed by atoms with Crippen molar-refractivity contribution in [3.63, 3.8) is 0 Å². The Hall–Kier alpha value is -2.11. The molecule has 1 heterocycles. The number of carbonyl (C=O) groups is 2. The van der Waals surface area contributed by atoms with E-state index in [1.54, 1.807) is 0 Å². The van der Waals surface area contributed by atoms with Gasteiger partial charge in [-0.1, -0.05) is 0 Å². The summed E-state index contributed by atoms with van der Waals surface area (Å²) in [6.07, 6.45) is 0.823. The standard InChI is InChI=1S/C12H14FN3O2/c13-8-2-3-9(14)10(5-8)16-12(18)7-1-4-11(17)15-6-7/h2-3,5,7H,1,4,6,14H2,(H,15,17)(H,16,18). The smallest absolute Gasteiger partial charge is 0.229 e. The van der Waals surface area contributed by atoms with Crippen LogP contribution in [-0.2, 0) is 9.59 Å². The van der Waals surface area contributed by atoms with Crippen molar-refractivity contribution in [2.45, 2.75) is 12.8 Å². The summed E-state index contributed by atoms with van der Waals surface area (Å²) in [6, 6.07) is 3.80. The fourth-order valence-corrected chi connectivity index (χ4v) is 1.83. The van der Waals surface area contributed by atoms with Gasteiger partial charge < -0.3 is 16.4 Å². The van der Waals surface area contributed by atoms with Crippen LogP contribution in [0.5, 0.6) is 0 Å². The van der Waals surface area contributed by atoms with Gasteiger partial charge in [0.2, 0.25) is 11.8 Å². The molecule has 1 fully saturated rings. The fraction of sp³-hybridized carbons (Fsp3) is 0.333. The molecular weight excluding hydrogens is 237 g/mol. The second-order valence-corrected chi connectivity index (χ2v) is 4.26. The van der Waals surface area contributed by atoms with Crippen LogP contribution in [0.2, 0.25) is 0 Å². The van der Waals surface area contributed by atoms with E-state index in [2.05, 4.69) is 10.6 Å². The monoisotopic (exact) mass is 251 g/mol. The molecular formula is C12H14FN3O2. The molecule has 0 aromatic heterocycles. The summed E-state index contributed by atoms with van der Waals surface area (Å²) in [6.45, 7) is 0.305. The van der Waals surface area contributed by atoms with Crippen LogP contribution in [-0.4, -0.2) is 18.4 Å². The quantitative estimate of drug-likeness (QED) is 0.682. The molecule has 96 valence electrons. The lowest BCUT2D eigenvalue weighted by Gasteiger charge is -2.21. The lowest BCUT2D eigenvalue weighted by Crippen LogP contribution is -2.40. The van der Waals surface area contributed by atoms with Gasteiger partial charge in [-0.3, -0.25) is 9.59 Å². The van der Waals surface area contributed by atoms with E-state index in [1.807, 2.05) is 0 Å². The minimum absolute atomic E-state index is 0.0516. The molecule has 18 heavy (non-hydrogen) atoms. The van der Waals surface area contributed by atoms with E-state index >= 15 is 0 Å². The SMILES string of the molecule is Nc1ccc(F)cc1NC(=O)C1CCC(=O)NC1.